The van der Waals surface area contributed by atoms with Crippen LogP contribution in [0.4, 0.5) is 0 Å². The van der Waals surface area contributed by atoms with Gasteiger partial charge in [-0.15, -0.1) is 0 Å². The number of aryl methyl sites for hydroxylation is 2. The van der Waals surface area contributed by atoms with Crippen LogP contribution in [0.2, 0.25) is 0 Å². The highest BCUT2D eigenvalue weighted by atomic mass is 79.9. The Balaban J connectivity index is 3.04. The van der Waals surface area contributed by atoms with Crippen molar-refractivity contribution in [2.24, 2.45) is 0 Å². The van der Waals surface area contributed by atoms with E-state index in [2.05, 4.69) is 41.9 Å². The van der Waals surface area contributed by atoms with Gasteiger partial charge in [-0.1, -0.05) is 28.1 Å². The fourth-order valence-electron chi connectivity index (χ4n) is 1.31. The Morgan fingerprint density at radius 3 is 2.17 bits per heavy atom. The number of hydrogen-bond donors (Lipinski definition) is 1. The fourth-order valence-corrected chi connectivity index (χ4v) is 1.54. The van der Waals surface area contributed by atoms with Gasteiger partial charge in [0.1, 0.15) is 0 Å². The summed E-state index contributed by atoms with van der Waals surface area (Å²) in [5.74, 6) is 0. The highest BCUT2D eigenvalue weighted by Gasteiger charge is 2.01. The third kappa shape index (κ3) is 2.08. The molecule has 0 aromatic heterocycles. The lowest BCUT2D eigenvalue weighted by atomic mass is 10.1. The van der Waals surface area contributed by atoms with E-state index in [0.29, 0.717) is 0 Å². The van der Waals surface area contributed by atoms with Crippen LogP contribution < -0.4 is 0 Å². The average molecular weight is 229 g/mol. The smallest absolute Gasteiger partial charge is 0.0471 e. The second kappa shape index (κ2) is 4.06. The third-order valence-electron chi connectivity index (χ3n) is 1.90. The Morgan fingerprint density at radius 2 is 1.75 bits per heavy atom. The fraction of sp³-hybridized carbons (Fsp3) is 0.400. The molecule has 1 rings (SSSR count). The molecule has 1 N–H and O–H groups in total. The Bertz CT molecular complexity index is 258. The van der Waals surface area contributed by atoms with Crippen molar-refractivity contribution in [1.29, 1.82) is 0 Å². The van der Waals surface area contributed by atoms with Gasteiger partial charge in [0.15, 0.2) is 0 Å². The molecule has 1 aromatic rings. The number of rotatable bonds is 2. The van der Waals surface area contributed by atoms with Crippen LogP contribution in [0.3, 0.4) is 0 Å². The zero-order valence-corrected chi connectivity index (χ0v) is 8.98. The van der Waals surface area contributed by atoms with Crippen molar-refractivity contribution >= 4 is 15.9 Å². The summed E-state index contributed by atoms with van der Waals surface area (Å²) in [6.07, 6.45) is 0.745. The first-order valence-corrected chi connectivity index (χ1v) is 4.81. The van der Waals surface area contributed by atoms with Gasteiger partial charge in [-0.25, -0.2) is 0 Å². The first-order chi connectivity index (χ1) is 5.65. The molecule has 0 heterocycles. The van der Waals surface area contributed by atoms with Gasteiger partial charge < -0.3 is 5.11 Å². The minimum atomic E-state index is 0.223. The summed E-state index contributed by atoms with van der Waals surface area (Å²) < 4.78 is 1.17. The van der Waals surface area contributed by atoms with Crippen molar-refractivity contribution in [1.82, 2.24) is 0 Å². The zero-order valence-electron chi connectivity index (χ0n) is 7.39. The molecule has 1 nitrogen and oxygen atoms in total. The Kier molecular flexibility index (Phi) is 3.29. The van der Waals surface area contributed by atoms with Gasteiger partial charge in [-0.2, -0.15) is 0 Å². The summed E-state index contributed by atoms with van der Waals surface area (Å²) in [7, 11) is 0. The first-order valence-electron chi connectivity index (χ1n) is 4.01. The van der Waals surface area contributed by atoms with Crippen LogP contribution in [-0.4, -0.2) is 11.7 Å². The molecule has 12 heavy (non-hydrogen) atoms. The maximum Gasteiger partial charge on any atom is 0.0471 e. The van der Waals surface area contributed by atoms with Crippen molar-refractivity contribution in [2.45, 2.75) is 20.3 Å². The van der Waals surface area contributed by atoms with Crippen LogP contribution >= 0.6 is 15.9 Å². The number of halogens is 1. The lowest BCUT2D eigenvalue weighted by molar-refractivity contribution is 0.299. The minimum Gasteiger partial charge on any atom is -0.396 e. The van der Waals surface area contributed by atoms with E-state index in [1.54, 1.807) is 0 Å². The van der Waals surface area contributed by atoms with Crippen molar-refractivity contribution in [3.05, 3.63) is 33.3 Å². The highest BCUT2D eigenvalue weighted by Crippen LogP contribution is 2.22. The molecule has 0 saturated heterocycles. The molecule has 0 saturated carbocycles. The molecule has 0 aliphatic rings. The molecule has 1 aromatic carbocycles. The average Bonchev–Trinajstić information content (AvgIpc) is 2.01. The van der Waals surface area contributed by atoms with Crippen LogP contribution in [-0.2, 0) is 6.42 Å². The first kappa shape index (κ1) is 9.75. The number of hydrogen-bond acceptors (Lipinski definition) is 1. The van der Waals surface area contributed by atoms with Gasteiger partial charge >= 0.3 is 0 Å². The van der Waals surface area contributed by atoms with E-state index >= 15 is 0 Å². The van der Waals surface area contributed by atoms with Crippen molar-refractivity contribution in [2.75, 3.05) is 6.61 Å². The summed E-state index contributed by atoms with van der Waals surface area (Å²) in [5, 5.41) is 8.76. The maximum absolute atomic E-state index is 8.76. The largest absolute Gasteiger partial charge is 0.396 e. The van der Waals surface area contributed by atoms with E-state index in [0.717, 1.165) is 6.42 Å². The molecule has 0 atom stereocenters. The second-order valence-corrected chi connectivity index (χ2v) is 3.81. The van der Waals surface area contributed by atoms with Gasteiger partial charge in [-0.05, 0) is 37.0 Å². The number of aliphatic hydroxyl groups is 1. The predicted octanol–water partition coefficient (Wildman–Crippen LogP) is 2.60. The summed E-state index contributed by atoms with van der Waals surface area (Å²) in [6.45, 7) is 4.36. The van der Waals surface area contributed by atoms with E-state index in [9.17, 15) is 0 Å². The maximum atomic E-state index is 8.76. The Hall–Kier alpha value is -0.340. The molecule has 66 valence electrons. The SMILES string of the molecule is Cc1cc(CCO)cc(C)c1Br. The van der Waals surface area contributed by atoms with Crippen LogP contribution in [0.15, 0.2) is 16.6 Å². The molecular weight excluding hydrogens is 216 g/mol. The molecular formula is C10H13BrO. The molecule has 0 unspecified atom stereocenters. The molecule has 0 radical (unpaired) electrons. The molecule has 0 fully saturated rings. The van der Waals surface area contributed by atoms with Gasteiger partial charge in [0, 0.05) is 11.1 Å². The highest BCUT2D eigenvalue weighted by molar-refractivity contribution is 9.10. The number of benzene rings is 1. The third-order valence-corrected chi connectivity index (χ3v) is 3.15. The minimum absolute atomic E-state index is 0.223. The second-order valence-electron chi connectivity index (χ2n) is 3.02. The summed E-state index contributed by atoms with van der Waals surface area (Å²) >= 11 is 3.50. The lowest BCUT2D eigenvalue weighted by Crippen LogP contribution is -1.93. The standard InChI is InChI=1S/C10H13BrO/c1-7-5-9(3-4-12)6-8(2)10(7)11/h5-6,12H,3-4H2,1-2H3. The summed E-state index contributed by atoms with van der Waals surface area (Å²) in [6, 6.07) is 4.21. The van der Waals surface area contributed by atoms with E-state index in [-0.39, 0.29) is 6.61 Å². The van der Waals surface area contributed by atoms with E-state index in [1.165, 1.54) is 21.2 Å². The van der Waals surface area contributed by atoms with Gasteiger partial charge in [0.05, 0.1) is 0 Å². The molecule has 0 aliphatic heterocycles. The van der Waals surface area contributed by atoms with E-state index < -0.39 is 0 Å². The van der Waals surface area contributed by atoms with Gasteiger partial charge in [0.25, 0.3) is 0 Å². The van der Waals surface area contributed by atoms with E-state index in [1.807, 2.05) is 0 Å². The van der Waals surface area contributed by atoms with Crippen molar-refractivity contribution < 1.29 is 5.11 Å². The summed E-state index contributed by atoms with van der Waals surface area (Å²) in [4.78, 5) is 0. The Morgan fingerprint density at radius 1 is 1.25 bits per heavy atom. The molecule has 2 heteroatoms. The quantitative estimate of drug-likeness (QED) is 0.826. The topological polar surface area (TPSA) is 20.2 Å². The predicted molar refractivity (Wildman–Crippen MR) is 54.4 cm³/mol. The van der Waals surface area contributed by atoms with Crippen LogP contribution in [0.5, 0.6) is 0 Å². The lowest BCUT2D eigenvalue weighted by Gasteiger charge is -2.06. The van der Waals surface area contributed by atoms with Crippen molar-refractivity contribution in [3.63, 3.8) is 0 Å². The van der Waals surface area contributed by atoms with E-state index in [4.69, 9.17) is 5.11 Å². The monoisotopic (exact) mass is 228 g/mol. The summed E-state index contributed by atoms with van der Waals surface area (Å²) in [5.41, 5.74) is 3.67. The molecule has 0 spiro atoms. The molecule has 0 bridgehead atoms. The normalized spacial score (nSPS) is 10.3. The molecule has 0 amide bonds. The Labute approximate surface area is 81.6 Å². The number of aliphatic hydroxyl groups excluding tert-OH is 1. The van der Waals surface area contributed by atoms with Crippen LogP contribution in [0.1, 0.15) is 16.7 Å². The van der Waals surface area contributed by atoms with Crippen LogP contribution in [0, 0.1) is 13.8 Å². The van der Waals surface area contributed by atoms with Crippen LogP contribution in [0.25, 0.3) is 0 Å². The van der Waals surface area contributed by atoms with Gasteiger partial charge in [-0.3, -0.25) is 0 Å². The van der Waals surface area contributed by atoms with Crippen molar-refractivity contribution in [3.8, 4) is 0 Å². The zero-order chi connectivity index (χ0) is 9.14. The van der Waals surface area contributed by atoms with Gasteiger partial charge in [0.2, 0.25) is 0 Å². The molecule has 0 aliphatic carbocycles.